The summed E-state index contributed by atoms with van der Waals surface area (Å²) in [6.45, 7) is 2.11. The fourth-order valence-corrected chi connectivity index (χ4v) is 2.21. The minimum absolute atomic E-state index is 0.0736. The van der Waals surface area contributed by atoms with Crippen LogP contribution in [-0.4, -0.2) is 24.0 Å². The van der Waals surface area contributed by atoms with E-state index in [0.717, 1.165) is 18.7 Å². The van der Waals surface area contributed by atoms with Crippen molar-refractivity contribution in [2.24, 2.45) is 0 Å². The second-order valence-electron chi connectivity index (χ2n) is 4.44. The first kappa shape index (κ1) is 11.9. The first-order chi connectivity index (χ1) is 8.40. The molecule has 0 N–H and O–H groups in total. The van der Waals surface area contributed by atoms with E-state index < -0.39 is 0 Å². The van der Waals surface area contributed by atoms with E-state index in [0.29, 0.717) is 0 Å². The average Bonchev–Trinajstić information content (AvgIpc) is 2.42. The molecule has 1 aromatic carbocycles. The quantitative estimate of drug-likeness (QED) is 0.792. The molecule has 2 heteroatoms. The molecule has 0 bridgehead atoms. The van der Waals surface area contributed by atoms with Crippen LogP contribution in [0.2, 0.25) is 0 Å². The van der Waals surface area contributed by atoms with Crippen LogP contribution in [0, 0.1) is 11.3 Å². The van der Waals surface area contributed by atoms with Gasteiger partial charge in [-0.1, -0.05) is 48.9 Å². The van der Waals surface area contributed by atoms with Crippen LogP contribution in [0.15, 0.2) is 36.4 Å². The van der Waals surface area contributed by atoms with Gasteiger partial charge >= 0.3 is 0 Å². The van der Waals surface area contributed by atoms with Gasteiger partial charge in [-0.3, -0.25) is 4.90 Å². The van der Waals surface area contributed by atoms with Crippen LogP contribution in [0.25, 0.3) is 6.08 Å². The highest BCUT2D eigenvalue weighted by atomic mass is 15.1. The summed E-state index contributed by atoms with van der Waals surface area (Å²) in [5.41, 5.74) is 1.16. The van der Waals surface area contributed by atoms with E-state index in [1.165, 1.54) is 19.3 Å². The van der Waals surface area contributed by atoms with Gasteiger partial charge in [0.05, 0.1) is 6.07 Å². The fourth-order valence-electron chi connectivity index (χ4n) is 2.21. The van der Waals surface area contributed by atoms with Gasteiger partial charge in [0.25, 0.3) is 0 Å². The van der Waals surface area contributed by atoms with Crippen molar-refractivity contribution in [3.8, 4) is 6.07 Å². The zero-order valence-corrected chi connectivity index (χ0v) is 10.0. The molecule has 2 nitrogen and oxygen atoms in total. The Hall–Kier alpha value is -1.59. The van der Waals surface area contributed by atoms with E-state index >= 15 is 0 Å². The molecule has 1 saturated heterocycles. The topological polar surface area (TPSA) is 27.0 Å². The predicted molar refractivity (Wildman–Crippen MR) is 70.3 cm³/mol. The molecule has 0 saturated carbocycles. The van der Waals surface area contributed by atoms with Crippen LogP contribution < -0.4 is 0 Å². The zero-order chi connectivity index (χ0) is 11.9. The molecule has 2 rings (SSSR count). The summed E-state index contributed by atoms with van der Waals surface area (Å²) in [5, 5.41) is 9.21. The zero-order valence-electron chi connectivity index (χ0n) is 10.0. The van der Waals surface area contributed by atoms with E-state index in [2.05, 4.69) is 23.1 Å². The van der Waals surface area contributed by atoms with Crippen molar-refractivity contribution >= 4 is 6.08 Å². The second-order valence-corrected chi connectivity index (χ2v) is 4.44. The highest BCUT2D eigenvalue weighted by Crippen LogP contribution is 2.13. The number of nitrogens with zero attached hydrogens (tertiary/aromatic N) is 2. The van der Waals surface area contributed by atoms with Crippen LogP contribution >= 0.6 is 0 Å². The lowest BCUT2D eigenvalue weighted by Crippen LogP contribution is -2.37. The molecule has 0 radical (unpaired) electrons. The number of nitriles is 1. The van der Waals surface area contributed by atoms with Crippen molar-refractivity contribution in [3.05, 3.63) is 42.0 Å². The molecule has 1 aromatic rings. The van der Waals surface area contributed by atoms with Gasteiger partial charge in [0.1, 0.15) is 6.04 Å². The van der Waals surface area contributed by atoms with Gasteiger partial charge in [-0.15, -0.1) is 0 Å². The van der Waals surface area contributed by atoms with Gasteiger partial charge in [0, 0.05) is 0 Å². The number of likely N-dealkylation sites (tertiary alicyclic amines) is 1. The van der Waals surface area contributed by atoms with Gasteiger partial charge in [-0.25, -0.2) is 0 Å². The van der Waals surface area contributed by atoms with Crippen molar-refractivity contribution in [3.63, 3.8) is 0 Å². The Labute approximate surface area is 103 Å². The maximum absolute atomic E-state index is 9.21. The molecule has 0 aliphatic carbocycles. The maximum atomic E-state index is 9.21. The highest BCUT2D eigenvalue weighted by molar-refractivity contribution is 5.50. The van der Waals surface area contributed by atoms with Crippen molar-refractivity contribution in [1.29, 1.82) is 5.26 Å². The Balaban J connectivity index is 2.00. The third-order valence-electron chi connectivity index (χ3n) is 3.19. The van der Waals surface area contributed by atoms with Gasteiger partial charge in [-0.05, 0) is 31.5 Å². The van der Waals surface area contributed by atoms with E-state index in [-0.39, 0.29) is 6.04 Å². The van der Waals surface area contributed by atoms with E-state index in [4.69, 9.17) is 0 Å². The molecule has 1 heterocycles. The van der Waals surface area contributed by atoms with Gasteiger partial charge < -0.3 is 0 Å². The summed E-state index contributed by atoms with van der Waals surface area (Å²) in [6.07, 6.45) is 7.80. The second kappa shape index (κ2) is 6.22. The van der Waals surface area contributed by atoms with Gasteiger partial charge in [-0.2, -0.15) is 5.26 Å². The predicted octanol–water partition coefficient (Wildman–Crippen LogP) is 3.08. The molecule has 88 valence electrons. The SMILES string of the molecule is N#C[C@H](/C=C/c1ccccc1)N1CCCCC1. The molecule has 0 spiro atoms. The largest absolute Gasteiger partial charge is 0.285 e. The lowest BCUT2D eigenvalue weighted by Gasteiger charge is -2.28. The van der Waals surface area contributed by atoms with Crippen molar-refractivity contribution in [2.45, 2.75) is 25.3 Å². The molecule has 1 fully saturated rings. The molecule has 0 amide bonds. The van der Waals surface area contributed by atoms with Crippen LogP contribution in [0.4, 0.5) is 0 Å². The molecular weight excluding hydrogens is 208 g/mol. The number of piperidine rings is 1. The molecule has 1 aliphatic heterocycles. The minimum atomic E-state index is -0.0736. The molecule has 1 atom stereocenters. The molecule has 1 aliphatic rings. The highest BCUT2D eigenvalue weighted by Gasteiger charge is 2.17. The monoisotopic (exact) mass is 226 g/mol. The molecule has 0 aromatic heterocycles. The third-order valence-corrected chi connectivity index (χ3v) is 3.19. The fraction of sp³-hybridized carbons (Fsp3) is 0.400. The van der Waals surface area contributed by atoms with E-state index in [1.807, 2.05) is 30.4 Å². The first-order valence-electron chi connectivity index (χ1n) is 6.27. The summed E-state index contributed by atoms with van der Waals surface area (Å²) in [6, 6.07) is 12.5. The van der Waals surface area contributed by atoms with Crippen molar-refractivity contribution < 1.29 is 0 Å². The van der Waals surface area contributed by atoms with Crippen LogP contribution in [0.3, 0.4) is 0 Å². The Morgan fingerprint density at radius 1 is 1.12 bits per heavy atom. The third kappa shape index (κ3) is 3.44. The Morgan fingerprint density at radius 2 is 1.82 bits per heavy atom. The number of hydrogen-bond acceptors (Lipinski definition) is 2. The minimum Gasteiger partial charge on any atom is -0.285 e. The number of hydrogen-bond donors (Lipinski definition) is 0. The smallest absolute Gasteiger partial charge is 0.117 e. The van der Waals surface area contributed by atoms with Crippen LogP contribution in [-0.2, 0) is 0 Å². The molecule has 17 heavy (non-hydrogen) atoms. The van der Waals surface area contributed by atoms with Crippen LogP contribution in [0.1, 0.15) is 24.8 Å². The summed E-state index contributed by atoms with van der Waals surface area (Å²) in [7, 11) is 0. The van der Waals surface area contributed by atoms with Gasteiger partial charge in [0.2, 0.25) is 0 Å². The van der Waals surface area contributed by atoms with E-state index in [9.17, 15) is 5.26 Å². The van der Waals surface area contributed by atoms with Gasteiger partial charge in [0.15, 0.2) is 0 Å². The summed E-state index contributed by atoms with van der Waals surface area (Å²) >= 11 is 0. The summed E-state index contributed by atoms with van der Waals surface area (Å²) < 4.78 is 0. The number of rotatable bonds is 3. The normalized spacial score (nSPS) is 19.0. The van der Waals surface area contributed by atoms with Crippen LogP contribution in [0.5, 0.6) is 0 Å². The Kier molecular flexibility index (Phi) is 4.35. The molecule has 0 unspecified atom stereocenters. The summed E-state index contributed by atoms with van der Waals surface area (Å²) in [4.78, 5) is 2.27. The standard InChI is InChI=1S/C15H18N2/c16-13-15(17-11-5-2-6-12-17)10-9-14-7-3-1-4-8-14/h1,3-4,7-10,15H,2,5-6,11-12H2/b10-9+/t15-/m0/s1. The van der Waals surface area contributed by atoms with Crippen molar-refractivity contribution in [1.82, 2.24) is 4.90 Å². The van der Waals surface area contributed by atoms with E-state index in [1.54, 1.807) is 0 Å². The average molecular weight is 226 g/mol. The van der Waals surface area contributed by atoms with Crippen molar-refractivity contribution in [2.75, 3.05) is 13.1 Å². The first-order valence-corrected chi connectivity index (χ1v) is 6.27. The summed E-state index contributed by atoms with van der Waals surface area (Å²) in [5.74, 6) is 0. The number of benzene rings is 1. The Bertz CT molecular complexity index is 397. The maximum Gasteiger partial charge on any atom is 0.117 e. The lowest BCUT2D eigenvalue weighted by atomic mass is 10.1. The molecular formula is C15H18N2. The Morgan fingerprint density at radius 3 is 2.47 bits per heavy atom. The lowest BCUT2D eigenvalue weighted by molar-refractivity contribution is 0.220.